The van der Waals surface area contributed by atoms with Gasteiger partial charge in [-0.25, -0.2) is 4.98 Å². The van der Waals surface area contributed by atoms with Gasteiger partial charge in [-0.3, -0.25) is 0 Å². The van der Waals surface area contributed by atoms with Crippen LogP contribution in [0.15, 0.2) is 24.4 Å². The van der Waals surface area contributed by atoms with Gasteiger partial charge in [0.1, 0.15) is 5.65 Å². The maximum Gasteiger partial charge on any atom is 0.137 e. The van der Waals surface area contributed by atoms with E-state index in [1.165, 1.54) is 0 Å². The van der Waals surface area contributed by atoms with Crippen LogP contribution in [0.4, 0.5) is 0 Å². The van der Waals surface area contributed by atoms with Gasteiger partial charge in [-0.05, 0) is 18.6 Å². The number of hydrogen-bond acceptors (Lipinski definition) is 3. The number of fused-ring (bicyclic) bond motifs is 1. The molecule has 0 amide bonds. The Labute approximate surface area is 94.0 Å². The summed E-state index contributed by atoms with van der Waals surface area (Å²) in [5.74, 6) is 0.450. The fourth-order valence-corrected chi connectivity index (χ4v) is 2.22. The SMILES string of the molecule is NCc1cccc2nc(C3CCOC3)cn12. The molecule has 0 saturated carbocycles. The van der Waals surface area contributed by atoms with Crippen LogP contribution in [0.25, 0.3) is 5.65 Å². The molecule has 1 saturated heterocycles. The van der Waals surface area contributed by atoms with Gasteiger partial charge < -0.3 is 14.9 Å². The molecule has 0 bridgehead atoms. The van der Waals surface area contributed by atoms with Crippen LogP contribution in [0.3, 0.4) is 0 Å². The van der Waals surface area contributed by atoms with Crippen molar-refractivity contribution < 1.29 is 4.74 Å². The standard InChI is InChI=1S/C12H15N3O/c13-6-10-2-1-3-12-14-11(7-15(10)12)9-4-5-16-8-9/h1-3,7,9H,4-6,8,13H2. The Kier molecular flexibility index (Phi) is 2.38. The summed E-state index contributed by atoms with van der Waals surface area (Å²) in [7, 11) is 0. The van der Waals surface area contributed by atoms with E-state index in [1.807, 2.05) is 18.2 Å². The van der Waals surface area contributed by atoms with Crippen LogP contribution < -0.4 is 5.73 Å². The Morgan fingerprint density at radius 2 is 2.44 bits per heavy atom. The lowest BCUT2D eigenvalue weighted by molar-refractivity contribution is 0.193. The average Bonchev–Trinajstić information content (AvgIpc) is 2.96. The van der Waals surface area contributed by atoms with Crippen molar-refractivity contribution in [3.8, 4) is 0 Å². The third kappa shape index (κ3) is 1.50. The molecule has 0 aliphatic carbocycles. The minimum Gasteiger partial charge on any atom is -0.381 e. The van der Waals surface area contributed by atoms with Gasteiger partial charge in [0.05, 0.1) is 12.3 Å². The van der Waals surface area contributed by atoms with Crippen molar-refractivity contribution in [2.45, 2.75) is 18.9 Å². The molecule has 0 radical (unpaired) electrons. The van der Waals surface area contributed by atoms with Gasteiger partial charge in [-0.15, -0.1) is 0 Å². The van der Waals surface area contributed by atoms with E-state index in [0.717, 1.165) is 36.7 Å². The first-order valence-electron chi connectivity index (χ1n) is 5.63. The molecule has 4 heteroatoms. The normalized spacial score (nSPS) is 20.7. The van der Waals surface area contributed by atoms with Gasteiger partial charge >= 0.3 is 0 Å². The summed E-state index contributed by atoms with van der Waals surface area (Å²) in [6.07, 6.45) is 3.17. The van der Waals surface area contributed by atoms with Gasteiger partial charge in [0.2, 0.25) is 0 Å². The number of nitrogens with zero attached hydrogens (tertiary/aromatic N) is 2. The van der Waals surface area contributed by atoms with E-state index in [9.17, 15) is 0 Å². The number of nitrogens with two attached hydrogens (primary N) is 1. The number of imidazole rings is 1. The van der Waals surface area contributed by atoms with Crippen molar-refractivity contribution in [1.82, 2.24) is 9.38 Å². The minimum absolute atomic E-state index is 0.450. The molecule has 0 spiro atoms. The molecule has 4 nitrogen and oxygen atoms in total. The van der Waals surface area contributed by atoms with E-state index in [-0.39, 0.29) is 0 Å². The van der Waals surface area contributed by atoms with E-state index in [2.05, 4.69) is 15.6 Å². The predicted octanol–water partition coefficient (Wildman–Crippen LogP) is 1.30. The van der Waals surface area contributed by atoms with Crippen LogP contribution in [0.1, 0.15) is 23.7 Å². The van der Waals surface area contributed by atoms with E-state index in [0.29, 0.717) is 12.5 Å². The van der Waals surface area contributed by atoms with E-state index < -0.39 is 0 Å². The molecule has 1 aliphatic rings. The van der Waals surface area contributed by atoms with Crippen molar-refractivity contribution in [1.29, 1.82) is 0 Å². The van der Waals surface area contributed by atoms with Gasteiger partial charge in [0, 0.05) is 31.0 Å². The highest BCUT2D eigenvalue weighted by Gasteiger charge is 2.20. The lowest BCUT2D eigenvalue weighted by atomic mass is 10.1. The lowest BCUT2D eigenvalue weighted by Crippen LogP contribution is -2.02. The second-order valence-corrected chi connectivity index (χ2v) is 4.18. The molecule has 1 aliphatic heterocycles. The van der Waals surface area contributed by atoms with Gasteiger partial charge in [0.15, 0.2) is 0 Å². The molecule has 3 rings (SSSR count). The van der Waals surface area contributed by atoms with Crippen molar-refractivity contribution in [2.75, 3.05) is 13.2 Å². The Hall–Kier alpha value is -1.39. The summed E-state index contributed by atoms with van der Waals surface area (Å²) in [6.45, 7) is 2.18. The Morgan fingerprint density at radius 3 is 3.19 bits per heavy atom. The highest BCUT2D eigenvalue weighted by Crippen LogP contribution is 2.24. The van der Waals surface area contributed by atoms with Crippen LogP contribution in [0.2, 0.25) is 0 Å². The van der Waals surface area contributed by atoms with Gasteiger partial charge in [-0.1, -0.05) is 6.07 Å². The summed E-state index contributed by atoms with van der Waals surface area (Å²) in [6, 6.07) is 6.04. The van der Waals surface area contributed by atoms with Crippen molar-refractivity contribution >= 4 is 5.65 Å². The second-order valence-electron chi connectivity index (χ2n) is 4.18. The van der Waals surface area contributed by atoms with Crippen LogP contribution in [-0.4, -0.2) is 22.6 Å². The topological polar surface area (TPSA) is 52.5 Å². The van der Waals surface area contributed by atoms with Crippen LogP contribution in [-0.2, 0) is 11.3 Å². The molecule has 0 aromatic carbocycles. The second kappa shape index (κ2) is 3.88. The molecular formula is C12H15N3O. The number of ether oxygens (including phenoxy) is 1. The van der Waals surface area contributed by atoms with Crippen LogP contribution >= 0.6 is 0 Å². The molecular weight excluding hydrogens is 202 g/mol. The van der Waals surface area contributed by atoms with Gasteiger partial charge in [-0.2, -0.15) is 0 Å². The largest absolute Gasteiger partial charge is 0.381 e. The highest BCUT2D eigenvalue weighted by molar-refractivity contribution is 5.42. The number of aromatic nitrogens is 2. The fourth-order valence-electron chi connectivity index (χ4n) is 2.22. The van der Waals surface area contributed by atoms with Crippen LogP contribution in [0.5, 0.6) is 0 Å². The Bertz CT molecular complexity index is 500. The number of rotatable bonds is 2. The molecule has 2 aromatic heterocycles. The van der Waals surface area contributed by atoms with Crippen molar-refractivity contribution in [2.24, 2.45) is 5.73 Å². The van der Waals surface area contributed by atoms with Gasteiger partial charge in [0.25, 0.3) is 0 Å². The van der Waals surface area contributed by atoms with Crippen LogP contribution in [0, 0.1) is 0 Å². The number of pyridine rings is 1. The summed E-state index contributed by atoms with van der Waals surface area (Å²) >= 11 is 0. The van der Waals surface area contributed by atoms with E-state index in [4.69, 9.17) is 10.5 Å². The first-order valence-corrected chi connectivity index (χ1v) is 5.63. The summed E-state index contributed by atoms with van der Waals surface area (Å²) < 4.78 is 7.47. The predicted molar refractivity (Wildman–Crippen MR) is 61.3 cm³/mol. The summed E-state index contributed by atoms with van der Waals surface area (Å²) in [4.78, 5) is 4.63. The van der Waals surface area contributed by atoms with Crippen molar-refractivity contribution in [3.63, 3.8) is 0 Å². The quantitative estimate of drug-likeness (QED) is 0.824. The highest BCUT2D eigenvalue weighted by atomic mass is 16.5. The zero-order valence-electron chi connectivity index (χ0n) is 9.10. The minimum atomic E-state index is 0.450. The molecule has 2 aromatic rings. The Morgan fingerprint density at radius 1 is 1.50 bits per heavy atom. The zero-order valence-corrected chi connectivity index (χ0v) is 9.10. The molecule has 1 atom stereocenters. The molecule has 1 fully saturated rings. The average molecular weight is 217 g/mol. The van der Waals surface area contributed by atoms with E-state index >= 15 is 0 Å². The lowest BCUT2D eigenvalue weighted by Gasteiger charge is -2.01. The van der Waals surface area contributed by atoms with Crippen molar-refractivity contribution in [3.05, 3.63) is 35.8 Å². The molecule has 84 valence electrons. The Balaban J connectivity index is 2.07. The molecule has 3 heterocycles. The third-order valence-electron chi connectivity index (χ3n) is 3.15. The number of hydrogen-bond donors (Lipinski definition) is 1. The smallest absolute Gasteiger partial charge is 0.137 e. The molecule has 1 unspecified atom stereocenters. The molecule has 16 heavy (non-hydrogen) atoms. The summed E-state index contributed by atoms with van der Waals surface area (Å²) in [5, 5.41) is 0. The first-order chi connectivity index (χ1) is 7.88. The first kappa shape index (κ1) is 9.81. The maximum absolute atomic E-state index is 5.71. The monoisotopic (exact) mass is 217 g/mol. The zero-order chi connectivity index (χ0) is 11.0. The fraction of sp³-hybridized carbons (Fsp3) is 0.417. The van der Waals surface area contributed by atoms with E-state index in [1.54, 1.807) is 0 Å². The molecule has 2 N–H and O–H groups in total. The maximum atomic E-state index is 5.71. The summed E-state index contributed by atoms with van der Waals surface area (Å²) in [5.41, 5.74) is 8.90. The third-order valence-corrected chi connectivity index (χ3v) is 3.15.